The number of carbonyl (C=O) groups is 1. The molecule has 1 amide bonds. The average Bonchev–Trinajstić information content (AvgIpc) is 3.05. The molecule has 0 radical (unpaired) electrons. The van der Waals surface area contributed by atoms with Gasteiger partial charge >= 0.3 is 0 Å². The molecule has 1 atom stereocenters. The van der Waals surface area contributed by atoms with Crippen LogP contribution < -0.4 is 10.1 Å². The number of amides is 1. The summed E-state index contributed by atoms with van der Waals surface area (Å²) in [7, 11) is 1.66. The summed E-state index contributed by atoms with van der Waals surface area (Å²) < 4.78 is 5.61. The number of carbonyl (C=O) groups excluding carboxylic acids is 1. The van der Waals surface area contributed by atoms with Crippen molar-refractivity contribution in [2.24, 2.45) is 5.92 Å². The van der Waals surface area contributed by atoms with Crippen molar-refractivity contribution in [2.45, 2.75) is 51.4 Å². The highest BCUT2D eigenvalue weighted by atomic mass is 16.5. The lowest BCUT2D eigenvalue weighted by atomic mass is 9.99. The van der Waals surface area contributed by atoms with Crippen LogP contribution in [0.1, 0.15) is 49.8 Å². The van der Waals surface area contributed by atoms with Gasteiger partial charge in [-0.2, -0.15) is 4.98 Å². The van der Waals surface area contributed by atoms with Crippen molar-refractivity contribution >= 4 is 5.91 Å². The first kappa shape index (κ1) is 21.8. The normalized spacial score (nSPS) is 19.3. The molecule has 0 spiro atoms. The Balaban J connectivity index is 1.34. The molecule has 31 heavy (non-hydrogen) atoms. The first-order chi connectivity index (χ1) is 15.2. The maximum absolute atomic E-state index is 12.8. The maximum atomic E-state index is 12.8. The molecule has 1 unspecified atom stereocenters. The van der Waals surface area contributed by atoms with Gasteiger partial charge in [0, 0.05) is 23.6 Å². The van der Waals surface area contributed by atoms with Gasteiger partial charge in [0.25, 0.3) is 0 Å². The third-order valence-electron chi connectivity index (χ3n) is 6.52. The molecule has 1 aromatic carbocycles. The molecule has 6 heteroatoms. The predicted octanol–water partition coefficient (Wildman–Crippen LogP) is 3.64. The van der Waals surface area contributed by atoms with E-state index in [0.29, 0.717) is 11.7 Å². The lowest BCUT2D eigenvalue weighted by Crippen LogP contribution is -2.35. The third-order valence-corrected chi connectivity index (χ3v) is 6.52. The molecule has 4 rings (SSSR count). The molecule has 1 N–H and O–H groups in total. The van der Waals surface area contributed by atoms with Gasteiger partial charge in [-0.25, -0.2) is 4.98 Å². The van der Waals surface area contributed by atoms with Crippen LogP contribution >= 0.6 is 0 Å². The molecule has 0 bridgehead atoms. The topological polar surface area (TPSA) is 67.3 Å². The first-order valence-electron chi connectivity index (χ1n) is 11.7. The lowest BCUT2D eigenvalue weighted by Gasteiger charge is -2.26. The molecule has 1 fully saturated rings. The molecule has 166 valence electrons. The molecule has 1 saturated heterocycles. The number of piperidine rings is 1. The van der Waals surface area contributed by atoms with Gasteiger partial charge in [0.1, 0.15) is 0 Å². The van der Waals surface area contributed by atoms with E-state index < -0.39 is 0 Å². The van der Waals surface area contributed by atoms with E-state index in [1.54, 1.807) is 7.11 Å². The first-order valence-corrected chi connectivity index (χ1v) is 11.7. The summed E-state index contributed by atoms with van der Waals surface area (Å²) in [4.78, 5) is 24.8. The molecule has 2 heterocycles. The van der Waals surface area contributed by atoms with Gasteiger partial charge in [-0.05, 0) is 64.6 Å². The van der Waals surface area contributed by atoms with Crippen LogP contribution in [0.15, 0.2) is 30.3 Å². The molecule has 6 nitrogen and oxygen atoms in total. The Morgan fingerprint density at radius 2 is 1.87 bits per heavy atom. The zero-order chi connectivity index (χ0) is 21.5. The minimum absolute atomic E-state index is 0.0223. The minimum Gasteiger partial charge on any atom is -0.481 e. The van der Waals surface area contributed by atoms with Crippen molar-refractivity contribution in [3.8, 4) is 17.3 Å². The van der Waals surface area contributed by atoms with Crippen molar-refractivity contribution in [1.82, 2.24) is 20.2 Å². The van der Waals surface area contributed by atoms with E-state index in [2.05, 4.69) is 15.2 Å². The Labute approximate surface area is 185 Å². The summed E-state index contributed by atoms with van der Waals surface area (Å²) in [6.45, 7) is 4.27. The number of aryl methyl sites for hydroxylation is 1. The van der Waals surface area contributed by atoms with Gasteiger partial charge in [-0.1, -0.05) is 36.8 Å². The fourth-order valence-electron chi connectivity index (χ4n) is 4.73. The van der Waals surface area contributed by atoms with Crippen LogP contribution in [0.5, 0.6) is 5.88 Å². The van der Waals surface area contributed by atoms with E-state index in [1.807, 2.05) is 30.3 Å². The van der Waals surface area contributed by atoms with Gasteiger partial charge < -0.3 is 15.0 Å². The number of ether oxygens (including phenoxy) is 1. The third kappa shape index (κ3) is 5.62. The van der Waals surface area contributed by atoms with E-state index in [4.69, 9.17) is 9.72 Å². The SMILES string of the molecule is COc1nc(-c2ccccc2)nc2c1CCC(C(=O)NCCCN1CCCCC1)CC2. The minimum atomic E-state index is 0.0223. The second kappa shape index (κ2) is 10.7. The summed E-state index contributed by atoms with van der Waals surface area (Å²) in [6, 6.07) is 9.99. The van der Waals surface area contributed by atoms with E-state index in [-0.39, 0.29) is 11.8 Å². The maximum Gasteiger partial charge on any atom is 0.223 e. The van der Waals surface area contributed by atoms with Crippen LogP contribution in [-0.2, 0) is 17.6 Å². The fraction of sp³-hybridized carbons (Fsp3) is 0.560. The molecular weight excluding hydrogens is 388 g/mol. The fourth-order valence-corrected chi connectivity index (χ4v) is 4.73. The summed E-state index contributed by atoms with van der Waals surface area (Å²) in [6.07, 6.45) is 8.20. The quantitative estimate of drug-likeness (QED) is 0.545. The molecule has 1 aromatic heterocycles. The molecule has 2 aromatic rings. The summed E-state index contributed by atoms with van der Waals surface area (Å²) in [5.74, 6) is 1.54. The van der Waals surface area contributed by atoms with Crippen LogP contribution in [0.25, 0.3) is 11.4 Å². The molecule has 1 aliphatic heterocycles. The van der Waals surface area contributed by atoms with Gasteiger partial charge in [0.2, 0.25) is 11.8 Å². The number of methoxy groups -OCH3 is 1. The largest absolute Gasteiger partial charge is 0.481 e. The highest BCUT2D eigenvalue weighted by Gasteiger charge is 2.26. The second-order valence-electron chi connectivity index (χ2n) is 8.67. The van der Waals surface area contributed by atoms with Crippen LogP contribution in [0.2, 0.25) is 0 Å². The zero-order valence-corrected chi connectivity index (χ0v) is 18.6. The van der Waals surface area contributed by atoms with E-state index >= 15 is 0 Å². The Kier molecular flexibility index (Phi) is 7.52. The van der Waals surface area contributed by atoms with Gasteiger partial charge in [-0.15, -0.1) is 0 Å². The number of aromatic nitrogens is 2. The Bertz CT molecular complexity index is 865. The van der Waals surface area contributed by atoms with Crippen LogP contribution in [0.3, 0.4) is 0 Å². The summed E-state index contributed by atoms with van der Waals surface area (Å²) in [5, 5.41) is 3.18. The number of hydrogen-bond acceptors (Lipinski definition) is 5. The standard InChI is InChI=1S/C25H34N4O2/c1-31-25-21-13-11-20(24(30)26-15-8-18-29-16-6-3-7-17-29)12-14-22(21)27-23(28-25)19-9-4-2-5-10-19/h2,4-5,9-10,20H,3,6-8,11-18H2,1H3,(H,26,30). The Hall–Kier alpha value is -2.47. The number of likely N-dealkylation sites (tertiary alicyclic amines) is 1. The van der Waals surface area contributed by atoms with Crippen molar-refractivity contribution in [2.75, 3.05) is 33.3 Å². The lowest BCUT2D eigenvalue weighted by molar-refractivity contribution is -0.125. The zero-order valence-electron chi connectivity index (χ0n) is 18.6. The molecule has 1 aliphatic carbocycles. The summed E-state index contributed by atoms with van der Waals surface area (Å²) in [5.41, 5.74) is 3.06. The Morgan fingerprint density at radius 1 is 1.10 bits per heavy atom. The number of rotatable bonds is 7. The number of nitrogens with one attached hydrogen (secondary N) is 1. The van der Waals surface area contributed by atoms with E-state index in [1.165, 1.54) is 32.4 Å². The van der Waals surface area contributed by atoms with Crippen molar-refractivity contribution in [1.29, 1.82) is 0 Å². The molecule has 2 aliphatic rings. The van der Waals surface area contributed by atoms with Crippen molar-refractivity contribution in [3.05, 3.63) is 41.6 Å². The monoisotopic (exact) mass is 422 g/mol. The molecule has 0 saturated carbocycles. The van der Waals surface area contributed by atoms with Crippen LogP contribution in [0.4, 0.5) is 0 Å². The number of nitrogens with zero attached hydrogens (tertiary/aromatic N) is 3. The average molecular weight is 423 g/mol. The van der Waals surface area contributed by atoms with Gasteiger partial charge in [0.05, 0.1) is 12.8 Å². The number of hydrogen-bond donors (Lipinski definition) is 1. The smallest absolute Gasteiger partial charge is 0.223 e. The van der Waals surface area contributed by atoms with E-state index in [0.717, 1.165) is 62.0 Å². The van der Waals surface area contributed by atoms with Gasteiger partial charge in [-0.3, -0.25) is 4.79 Å². The summed E-state index contributed by atoms with van der Waals surface area (Å²) >= 11 is 0. The number of fused-ring (bicyclic) bond motifs is 1. The van der Waals surface area contributed by atoms with Crippen molar-refractivity contribution in [3.63, 3.8) is 0 Å². The van der Waals surface area contributed by atoms with Crippen molar-refractivity contribution < 1.29 is 9.53 Å². The van der Waals surface area contributed by atoms with Crippen LogP contribution in [0, 0.1) is 5.92 Å². The highest BCUT2D eigenvalue weighted by Crippen LogP contribution is 2.31. The molecular formula is C25H34N4O2. The predicted molar refractivity (Wildman–Crippen MR) is 122 cm³/mol. The van der Waals surface area contributed by atoms with Gasteiger partial charge in [0.15, 0.2) is 5.82 Å². The van der Waals surface area contributed by atoms with Crippen LogP contribution in [-0.4, -0.2) is 54.1 Å². The second-order valence-corrected chi connectivity index (χ2v) is 8.67. The number of benzene rings is 1. The highest BCUT2D eigenvalue weighted by molar-refractivity contribution is 5.78. The van der Waals surface area contributed by atoms with E-state index in [9.17, 15) is 4.79 Å². The Morgan fingerprint density at radius 3 is 2.65 bits per heavy atom.